The van der Waals surface area contributed by atoms with E-state index >= 15 is 0 Å². The van der Waals surface area contributed by atoms with E-state index in [-0.39, 0.29) is 5.97 Å². The first-order valence-corrected chi connectivity index (χ1v) is 7.54. The number of carbonyl (C=O) groups is 1. The molecule has 1 aliphatic carbocycles. The molecule has 1 aromatic rings. The number of esters is 1. The zero-order valence-electron chi connectivity index (χ0n) is 13.1. The summed E-state index contributed by atoms with van der Waals surface area (Å²) in [6.07, 6.45) is 3.59. The standard InChI is InChI=1S/C15H20O3.C2H6/c1-3-18-15(16)9-11-4-5-12-6-7-14(17-2)10-13(12)8-11;1-2/h6-7,10-11H,3-5,8-9H2,1-2H3;1-2H3. The Hall–Kier alpha value is -1.51. The summed E-state index contributed by atoms with van der Waals surface area (Å²) in [7, 11) is 1.68. The van der Waals surface area contributed by atoms with Gasteiger partial charge in [-0.3, -0.25) is 4.79 Å². The van der Waals surface area contributed by atoms with Gasteiger partial charge in [0.25, 0.3) is 0 Å². The summed E-state index contributed by atoms with van der Waals surface area (Å²) in [4.78, 5) is 11.5. The van der Waals surface area contributed by atoms with Crippen molar-refractivity contribution in [2.75, 3.05) is 13.7 Å². The van der Waals surface area contributed by atoms with Crippen LogP contribution in [0.5, 0.6) is 5.75 Å². The highest BCUT2D eigenvalue weighted by Gasteiger charge is 2.21. The van der Waals surface area contributed by atoms with Crippen LogP contribution in [0.15, 0.2) is 18.2 Å². The molecule has 0 bridgehead atoms. The molecule has 3 heteroatoms. The van der Waals surface area contributed by atoms with Crippen molar-refractivity contribution in [1.82, 2.24) is 0 Å². The third-order valence-corrected chi connectivity index (χ3v) is 3.50. The number of fused-ring (bicyclic) bond motifs is 1. The molecule has 0 saturated carbocycles. The lowest BCUT2D eigenvalue weighted by Crippen LogP contribution is -2.19. The Kier molecular flexibility index (Phi) is 7.13. The van der Waals surface area contributed by atoms with Crippen molar-refractivity contribution in [3.8, 4) is 5.75 Å². The zero-order valence-corrected chi connectivity index (χ0v) is 13.1. The molecule has 0 N–H and O–H groups in total. The van der Waals surface area contributed by atoms with E-state index in [0.29, 0.717) is 18.9 Å². The molecular weight excluding hydrogens is 252 g/mol. The molecule has 0 saturated heterocycles. The Morgan fingerprint density at radius 3 is 2.70 bits per heavy atom. The molecular formula is C17H26O3. The molecule has 1 aromatic carbocycles. The van der Waals surface area contributed by atoms with Gasteiger partial charge in [-0.25, -0.2) is 0 Å². The van der Waals surface area contributed by atoms with E-state index < -0.39 is 0 Å². The molecule has 1 aliphatic rings. The van der Waals surface area contributed by atoms with E-state index in [1.165, 1.54) is 11.1 Å². The highest BCUT2D eigenvalue weighted by atomic mass is 16.5. The quantitative estimate of drug-likeness (QED) is 0.786. The maximum absolute atomic E-state index is 11.5. The van der Waals surface area contributed by atoms with Gasteiger partial charge in [0.2, 0.25) is 0 Å². The van der Waals surface area contributed by atoms with Crippen molar-refractivity contribution in [1.29, 1.82) is 0 Å². The van der Waals surface area contributed by atoms with Crippen LogP contribution in [0.1, 0.15) is 44.7 Å². The number of benzene rings is 1. The lowest BCUT2D eigenvalue weighted by molar-refractivity contribution is -0.144. The normalized spacial score (nSPS) is 16.5. The minimum absolute atomic E-state index is 0.0751. The lowest BCUT2D eigenvalue weighted by atomic mass is 9.82. The van der Waals surface area contributed by atoms with Gasteiger partial charge in [0.15, 0.2) is 0 Å². The molecule has 0 heterocycles. The molecule has 1 unspecified atom stereocenters. The average Bonchev–Trinajstić information content (AvgIpc) is 2.48. The molecule has 0 fully saturated rings. The fraction of sp³-hybridized carbons (Fsp3) is 0.588. The number of hydrogen-bond acceptors (Lipinski definition) is 3. The van der Waals surface area contributed by atoms with Crippen LogP contribution in [0.2, 0.25) is 0 Å². The van der Waals surface area contributed by atoms with Gasteiger partial charge in [0.1, 0.15) is 5.75 Å². The Morgan fingerprint density at radius 2 is 2.05 bits per heavy atom. The number of carbonyl (C=O) groups excluding carboxylic acids is 1. The summed E-state index contributed by atoms with van der Waals surface area (Å²) in [5.74, 6) is 1.23. The van der Waals surface area contributed by atoms with Crippen molar-refractivity contribution < 1.29 is 14.3 Å². The molecule has 0 aliphatic heterocycles. The van der Waals surface area contributed by atoms with Gasteiger partial charge in [-0.1, -0.05) is 19.9 Å². The topological polar surface area (TPSA) is 35.5 Å². The molecule has 0 radical (unpaired) electrons. The third-order valence-electron chi connectivity index (χ3n) is 3.50. The Bertz CT molecular complexity index is 426. The predicted octanol–water partition coefficient (Wildman–Crippen LogP) is 3.78. The maximum Gasteiger partial charge on any atom is 0.306 e. The summed E-state index contributed by atoms with van der Waals surface area (Å²) < 4.78 is 10.3. The van der Waals surface area contributed by atoms with Gasteiger partial charge < -0.3 is 9.47 Å². The summed E-state index contributed by atoms with van der Waals surface area (Å²) in [5, 5.41) is 0. The number of aryl methyl sites for hydroxylation is 1. The van der Waals surface area contributed by atoms with Gasteiger partial charge in [0.05, 0.1) is 13.7 Å². The van der Waals surface area contributed by atoms with Crippen molar-refractivity contribution in [2.24, 2.45) is 5.92 Å². The molecule has 112 valence electrons. The first kappa shape index (κ1) is 16.5. The number of hydrogen-bond donors (Lipinski definition) is 0. The van der Waals surface area contributed by atoms with Gasteiger partial charge in [-0.2, -0.15) is 0 Å². The molecule has 20 heavy (non-hydrogen) atoms. The first-order valence-electron chi connectivity index (χ1n) is 7.54. The third kappa shape index (κ3) is 4.55. The fourth-order valence-corrected chi connectivity index (χ4v) is 2.57. The second-order valence-electron chi connectivity index (χ2n) is 4.75. The van der Waals surface area contributed by atoms with Crippen LogP contribution in [0.25, 0.3) is 0 Å². The van der Waals surface area contributed by atoms with E-state index in [2.05, 4.69) is 12.1 Å². The summed E-state index contributed by atoms with van der Waals surface area (Å²) in [5.41, 5.74) is 2.70. The van der Waals surface area contributed by atoms with Crippen LogP contribution in [0.4, 0.5) is 0 Å². The SMILES string of the molecule is CC.CCOC(=O)CC1CCc2ccc(OC)cc2C1. The number of rotatable bonds is 4. The van der Waals surface area contributed by atoms with E-state index in [1.807, 2.05) is 26.8 Å². The van der Waals surface area contributed by atoms with Crippen LogP contribution < -0.4 is 4.74 Å². The van der Waals surface area contributed by atoms with E-state index in [4.69, 9.17) is 9.47 Å². The van der Waals surface area contributed by atoms with Gasteiger partial charge in [-0.05, 0) is 55.4 Å². The molecule has 0 spiro atoms. The Labute approximate surface area is 122 Å². The van der Waals surface area contributed by atoms with Crippen molar-refractivity contribution in [2.45, 2.75) is 46.5 Å². The van der Waals surface area contributed by atoms with E-state index in [1.54, 1.807) is 7.11 Å². The van der Waals surface area contributed by atoms with Crippen molar-refractivity contribution >= 4 is 5.97 Å². The summed E-state index contributed by atoms with van der Waals surface area (Å²) in [6, 6.07) is 6.23. The zero-order chi connectivity index (χ0) is 15.0. The number of ether oxygens (including phenoxy) is 2. The van der Waals surface area contributed by atoms with Crippen LogP contribution >= 0.6 is 0 Å². The van der Waals surface area contributed by atoms with Crippen LogP contribution in [-0.2, 0) is 22.4 Å². The van der Waals surface area contributed by atoms with Crippen LogP contribution in [0.3, 0.4) is 0 Å². The maximum atomic E-state index is 11.5. The second-order valence-corrected chi connectivity index (χ2v) is 4.75. The lowest BCUT2D eigenvalue weighted by Gasteiger charge is -2.24. The summed E-state index contributed by atoms with van der Waals surface area (Å²) in [6.45, 7) is 6.31. The molecule has 1 atom stereocenters. The van der Waals surface area contributed by atoms with E-state index in [9.17, 15) is 4.79 Å². The van der Waals surface area contributed by atoms with Gasteiger partial charge >= 0.3 is 5.97 Å². The largest absolute Gasteiger partial charge is 0.497 e. The van der Waals surface area contributed by atoms with Gasteiger partial charge in [-0.15, -0.1) is 0 Å². The van der Waals surface area contributed by atoms with E-state index in [0.717, 1.165) is 25.0 Å². The fourth-order valence-electron chi connectivity index (χ4n) is 2.57. The highest BCUT2D eigenvalue weighted by Crippen LogP contribution is 2.30. The van der Waals surface area contributed by atoms with Crippen molar-refractivity contribution in [3.05, 3.63) is 29.3 Å². The molecule has 3 nitrogen and oxygen atoms in total. The highest BCUT2D eigenvalue weighted by molar-refractivity contribution is 5.69. The Morgan fingerprint density at radius 1 is 1.30 bits per heavy atom. The first-order chi connectivity index (χ1) is 9.72. The molecule has 0 amide bonds. The smallest absolute Gasteiger partial charge is 0.306 e. The minimum Gasteiger partial charge on any atom is -0.497 e. The molecule has 2 rings (SSSR count). The minimum atomic E-state index is -0.0751. The van der Waals surface area contributed by atoms with Crippen molar-refractivity contribution in [3.63, 3.8) is 0 Å². The molecule has 0 aromatic heterocycles. The van der Waals surface area contributed by atoms with Crippen LogP contribution in [-0.4, -0.2) is 19.7 Å². The average molecular weight is 278 g/mol. The van der Waals surface area contributed by atoms with Crippen LogP contribution in [0, 0.1) is 5.92 Å². The monoisotopic (exact) mass is 278 g/mol. The second kappa shape index (κ2) is 8.62. The number of methoxy groups -OCH3 is 1. The predicted molar refractivity (Wildman–Crippen MR) is 81.1 cm³/mol. The Balaban J connectivity index is 0.000000956. The summed E-state index contributed by atoms with van der Waals surface area (Å²) >= 11 is 0. The van der Waals surface area contributed by atoms with Gasteiger partial charge in [0, 0.05) is 6.42 Å².